The maximum Gasteiger partial charge on any atom is 0.306 e. The number of allylic oxidation sites excluding steroid dienone is 24. The van der Waals surface area contributed by atoms with Gasteiger partial charge in [-0.15, -0.1) is 0 Å². The Hall–Kier alpha value is -4.71. The highest BCUT2D eigenvalue weighted by Crippen LogP contribution is 2.12. The average molecular weight is 853 g/mol. The fraction of sp³-hybridized carbons (Fsp3) is 0.518. The van der Waals surface area contributed by atoms with Crippen LogP contribution in [0, 0.1) is 0 Å². The van der Waals surface area contributed by atoms with Gasteiger partial charge in [-0.1, -0.05) is 218 Å². The highest BCUT2D eigenvalue weighted by Gasteiger charge is 2.19. The molecule has 0 aromatic heterocycles. The van der Waals surface area contributed by atoms with Gasteiger partial charge in [0.1, 0.15) is 13.2 Å². The summed E-state index contributed by atoms with van der Waals surface area (Å²) in [6.07, 6.45) is 69.6. The standard InChI is InChI=1S/C56H84O6/c1-4-7-10-13-16-19-22-25-26-27-28-29-32-34-37-40-43-46-49-55(58)61-52-53(62-56(59)50-47-44-41-38-35-31-24-21-18-15-12-9-6-3)51-60-54(57)48-45-42-39-36-33-30-23-20-17-14-11-8-5-2/h8-29,31,35,53H,4-7,30,32-34,36-52H2,1-3H3/b11-8-,12-9-,13-10-,17-14-,18-15-,19-16-,23-20-,24-21-,25-22-,27-26-,29-28-,35-31-. The minimum absolute atomic E-state index is 0.120. The van der Waals surface area contributed by atoms with Crippen LogP contribution in [-0.2, 0) is 28.6 Å². The molecule has 1 atom stereocenters. The predicted octanol–water partition coefficient (Wildman–Crippen LogP) is 15.7. The average Bonchev–Trinajstić information content (AvgIpc) is 3.27. The highest BCUT2D eigenvalue weighted by molar-refractivity contribution is 5.71. The molecule has 0 bridgehead atoms. The third kappa shape index (κ3) is 46.4. The van der Waals surface area contributed by atoms with Crippen LogP contribution in [0.15, 0.2) is 146 Å². The van der Waals surface area contributed by atoms with Crippen LogP contribution >= 0.6 is 0 Å². The molecular formula is C56H84O6. The number of carbonyl (C=O) groups is 3. The Kier molecular flexibility index (Phi) is 45.2. The lowest BCUT2D eigenvalue weighted by atomic mass is 10.1. The summed E-state index contributed by atoms with van der Waals surface area (Å²) in [7, 11) is 0. The van der Waals surface area contributed by atoms with Crippen molar-refractivity contribution in [3.63, 3.8) is 0 Å². The Morgan fingerprint density at radius 3 is 1.00 bits per heavy atom. The zero-order chi connectivity index (χ0) is 45.1. The van der Waals surface area contributed by atoms with Crippen LogP contribution in [0.2, 0.25) is 0 Å². The molecule has 0 radical (unpaired) electrons. The van der Waals surface area contributed by atoms with Crippen molar-refractivity contribution in [2.75, 3.05) is 13.2 Å². The van der Waals surface area contributed by atoms with Crippen molar-refractivity contribution in [2.45, 2.75) is 175 Å². The van der Waals surface area contributed by atoms with E-state index in [1.54, 1.807) is 0 Å². The Labute approximate surface area is 378 Å². The van der Waals surface area contributed by atoms with Gasteiger partial charge in [0.15, 0.2) is 6.10 Å². The lowest BCUT2D eigenvalue weighted by molar-refractivity contribution is -0.167. The zero-order valence-electron chi connectivity index (χ0n) is 39.1. The van der Waals surface area contributed by atoms with E-state index in [-0.39, 0.29) is 37.5 Å². The van der Waals surface area contributed by atoms with Crippen molar-refractivity contribution in [1.29, 1.82) is 0 Å². The van der Waals surface area contributed by atoms with E-state index in [1.165, 1.54) is 6.42 Å². The maximum absolute atomic E-state index is 12.7. The van der Waals surface area contributed by atoms with Crippen LogP contribution in [0.3, 0.4) is 0 Å². The molecule has 344 valence electrons. The Balaban J connectivity index is 4.56. The highest BCUT2D eigenvalue weighted by atomic mass is 16.6. The molecule has 6 heteroatoms. The molecule has 0 spiro atoms. The van der Waals surface area contributed by atoms with Crippen molar-refractivity contribution in [3.05, 3.63) is 146 Å². The first-order valence-corrected chi connectivity index (χ1v) is 24.0. The van der Waals surface area contributed by atoms with Gasteiger partial charge in [-0.3, -0.25) is 14.4 Å². The van der Waals surface area contributed by atoms with Crippen LogP contribution in [0.4, 0.5) is 0 Å². The normalized spacial score (nSPS) is 13.4. The van der Waals surface area contributed by atoms with Gasteiger partial charge >= 0.3 is 17.9 Å². The predicted molar refractivity (Wildman–Crippen MR) is 265 cm³/mol. The summed E-state index contributed by atoms with van der Waals surface area (Å²) in [6.45, 7) is 6.16. The summed E-state index contributed by atoms with van der Waals surface area (Å²) in [5.74, 6) is -1.02. The summed E-state index contributed by atoms with van der Waals surface area (Å²) < 4.78 is 16.7. The second-order valence-electron chi connectivity index (χ2n) is 15.2. The molecule has 0 N–H and O–H groups in total. The van der Waals surface area contributed by atoms with Crippen LogP contribution in [-0.4, -0.2) is 37.2 Å². The summed E-state index contributed by atoms with van der Waals surface area (Å²) in [4.78, 5) is 37.9. The molecule has 0 aliphatic heterocycles. The summed E-state index contributed by atoms with van der Waals surface area (Å²) in [5.41, 5.74) is 0. The van der Waals surface area contributed by atoms with Crippen molar-refractivity contribution in [1.82, 2.24) is 0 Å². The second kappa shape index (κ2) is 49.0. The number of hydrogen-bond donors (Lipinski definition) is 0. The lowest BCUT2D eigenvalue weighted by Gasteiger charge is -2.18. The van der Waals surface area contributed by atoms with Crippen molar-refractivity contribution in [3.8, 4) is 0 Å². The zero-order valence-corrected chi connectivity index (χ0v) is 39.1. The van der Waals surface area contributed by atoms with E-state index < -0.39 is 6.10 Å². The molecule has 0 aliphatic carbocycles. The van der Waals surface area contributed by atoms with Gasteiger partial charge in [-0.05, 0) is 77.0 Å². The molecule has 0 saturated carbocycles. The third-order valence-electron chi connectivity index (χ3n) is 9.32. The molecule has 6 nitrogen and oxygen atoms in total. The largest absolute Gasteiger partial charge is 0.462 e. The number of rotatable bonds is 40. The molecular weight excluding hydrogens is 769 g/mol. The molecule has 0 saturated heterocycles. The molecule has 0 aliphatic rings. The summed E-state index contributed by atoms with van der Waals surface area (Å²) >= 11 is 0. The Morgan fingerprint density at radius 1 is 0.339 bits per heavy atom. The van der Waals surface area contributed by atoms with Gasteiger partial charge < -0.3 is 14.2 Å². The number of hydrogen-bond acceptors (Lipinski definition) is 6. The number of unbranched alkanes of at least 4 members (excludes halogenated alkanes) is 14. The van der Waals surface area contributed by atoms with E-state index in [1.807, 2.05) is 79.0 Å². The van der Waals surface area contributed by atoms with Crippen molar-refractivity contribution >= 4 is 17.9 Å². The Morgan fingerprint density at radius 2 is 0.629 bits per heavy atom. The molecule has 1 unspecified atom stereocenters. The van der Waals surface area contributed by atoms with Crippen LogP contribution in [0.1, 0.15) is 168 Å². The summed E-state index contributed by atoms with van der Waals surface area (Å²) in [6, 6.07) is 0. The first-order valence-electron chi connectivity index (χ1n) is 24.0. The second-order valence-corrected chi connectivity index (χ2v) is 15.2. The van der Waals surface area contributed by atoms with Gasteiger partial charge in [0.25, 0.3) is 0 Å². The number of carbonyl (C=O) groups excluding carboxylic acids is 3. The van der Waals surface area contributed by atoms with Gasteiger partial charge in [-0.2, -0.15) is 0 Å². The smallest absolute Gasteiger partial charge is 0.306 e. The van der Waals surface area contributed by atoms with Crippen LogP contribution in [0.5, 0.6) is 0 Å². The maximum atomic E-state index is 12.7. The minimum atomic E-state index is -0.823. The SMILES string of the molecule is CC\C=C/C=C\C=C/C=C\CCCCCC(=O)OC(COC(=O)CCCCCCC\C=C/C=C\C=C/C=C\C=C/CCC)COC(=O)CCCCCCC\C=C/C=C\C=C/CC. The van der Waals surface area contributed by atoms with E-state index >= 15 is 0 Å². The van der Waals surface area contributed by atoms with E-state index in [0.29, 0.717) is 19.3 Å². The molecule has 0 aromatic rings. The van der Waals surface area contributed by atoms with Gasteiger partial charge in [0.2, 0.25) is 0 Å². The van der Waals surface area contributed by atoms with Crippen LogP contribution in [0.25, 0.3) is 0 Å². The third-order valence-corrected chi connectivity index (χ3v) is 9.32. The topological polar surface area (TPSA) is 78.9 Å². The van der Waals surface area contributed by atoms with Gasteiger partial charge in [-0.25, -0.2) is 0 Å². The minimum Gasteiger partial charge on any atom is -0.462 e. The quantitative estimate of drug-likeness (QED) is 0.0264. The lowest BCUT2D eigenvalue weighted by Crippen LogP contribution is -2.30. The molecule has 0 heterocycles. The molecule has 0 rings (SSSR count). The fourth-order valence-corrected chi connectivity index (χ4v) is 5.77. The fourth-order valence-electron chi connectivity index (χ4n) is 5.77. The van der Waals surface area contributed by atoms with Gasteiger partial charge in [0, 0.05) is 19.3 Å². The first kappa shape index (κ1) is 57.3. The van der Waals surface area contributed by atoms with E-state index in [2.05, 4.69) is 87.6 Å². The monoisotopic (exact) mass is 853 g/mol. The molecule has 0 aromatic carbocycles. The van der Waals surface area contributed by atoms with E-state index in [4.69, 9.17) is 14.2 Å². The van der Waals surface area contributed by atoms with E-state index in [9.17, 15) is 14.4 Å². The van der Waals surface area contributed by atoms with Crippen LogP contribution < -0.4 is 0 Å². The van der Waals surface area contributed by atoms with Crippen molar-refractivity contribution in [2.24, 2.45) is 0 Å². The van der Waals surface area contributed by atoms with Gasteiger partial charge in [0.05, 0.1) is 0 Å². The summed E-state index contributed by atoms with van der Waals surface area (Å²) in [5, 5.41) is 0. The molecule has 0 fully saturated rings. The van der Waals surface area contributed by atoms with Crippen molar-refractivity contribution < 1.29 is 28.6 Å². The molecule has 62 heavy (non-hydrogen) atoms. The first-order chi connectivity index (χ1) is 30.5. The number of ether oxygens (including phenoxy) is 3. The van der Waals surface area contributed by atoms with E-state index in [0.717, 1.165) is 116 Å². The number of esters is 3. The Bertz CT molecular complexity index is 1440. The molecule has 0 amide bonds.